The van der Waals surface area contributed by atoms with Crippen LogP contribution in [0.25, 0.3) is 5.69 Å². The molecule has 1 aromatic heterocycles. The summed E-state index contributed by atoms with van der Waals surface area (Å²) in [6.45, 7) is 1.37. The first-order valence-electron chi connectivity index (χ1n) is 6.86. The standard InChI is InChI=1S/C14H17N3O3S/c18-21(19)12-2-8-16(21)10-11-20-14-5-3-13(4-6-14)17-9-1-7-15-17/h1,3-7,9H,2,8,10-12H2. The van der Waals surface area contributed by atoms with Gasteiger partial charge in [0, 0.05) is 25.5 Å². The lowest BCUT2D eigenvalue weighted by Crippen LogP contribution is -2.30. The van der Waals surface area contributed by atoms with Gasteiger partial charge in [-0.25, -0.2) is 13.1 Å². The zero-order chi connectivity index (χ0) is 14.7. The molecule has 0 aliphatic carbocycles. The van der Waals surface area contributed by atoms with E-state index in [-0.39, 0.29) is 5.75 Å². The summed E-state index contributed by atoms with van der Waals surface area (Å²) in [7, 11) is -3.04. The quantitative estimate of drug-likeness (QED) is 0.835. The molecule has 1 aromatic carbocycles. The van der Waals surface area contributed by atoms with Crippen LogP contribution in [0.2, 0.25) is 0 Å². The van der Waals surface area contributed by atoms with Crippen LogP contribution in [-0.4, -0.2) is 48.0 Å². The Bertz CT molecular complexity index is 681. The minimum absolute atomic E-state index is 0.256. The minimum atomic E-state index is -3.04. The first-order valence-corrected chi connectivity index (χ1v) is 8.47. The van der Waals surface area contributed by atoms with Crippen molar-refractivity contribution in [1.29, 1.82) is 0 Å². The molecule has 0 unspecified atom stereocenters. The summed E-state index contributed by atoms with van der Waals surface area (Å²) in [6, 6.07) is 9.40. The number of ether oxygens (including phenoxy) is 1. The van der Waals surface area contributed by atoms with Crippen molar-refractivity contribution in [2.24, 2.45) is 0 Å². The van der Waals surface area contributed by atoms with Gasteiger partial charge in [-0.1, -0.05) is 0 Å². The van der Waals surface area contributed by atoms with Crippen LogP contribution in [0, 0.1) is 0 Å². The molecule has 0 radical (unpaired) electrons. The zero-order valence-corrected chi connectivity index (χ0v) is 12.4. The van der Waals surface area contributed by atoms with Crippen molar-refractivity contribution in [1.82, 2.24) is 14.1 Å². The van der Waals surface area contributed by atoms with E-state index < -0.39 is 10.0 Å². The second-order valence-corrected chi connectivity index (χ2v) is 6.95. The highest BCUT2D eigenvalue weighted by atomic mass is 32.2. The Kier molecular flexibility index (Phi) is 3.94. The van der Waals surface area contributed by atoms with E-state index in [1.165, 1.54) is 4.31 Å². The van der Waals surface area contributed by atoms with E-state index in [4.69, 9.17) is 4.74 Å². The first kappa shape index (κ1) is 14.1. The Morgan fingerprint density at radius 2 is 2.05 bits per heavy atom. The van der Waals surface area contributed by atoms with Crippen molar-refractivity contribution in [3.05, 3.63) is 42.7 Å². The van der Waals surface area contributed by atoms with Crippen LogP contribution < -0.4 is 4.74 Å². The summed E-state index contributed by atoms with van der Waals surface area (Å²) in [5.74, 6) is 0.980. The molecule has 0 bridgehead atoms. The van der Waals surface area contributed by atoms with Crippen molar-refractivity contribution in [3.63, 3.8) is 0 Å². The summed E-state index contributed by atoms with van der Waals surface area (Å²) in [4.78, 5) is 0. The SMILES string of the molecule is O=S1(=O)CCCN1CCOc1ccc(-n2cccn2)cc1. The van der Waals surface area contributed by atoms with Gasteiger partial charge in [-0.05, 0) is 36.8 Å². The van der Waals surface area contributed by atoms with Crippen LogP contribution >= 0.6 is 0 Å². The third-order valence-corrected chi connectivity index (χ3v) is 5.37. The fourth-order valence-corrected chi connectivity index (χ4v) is 3.84. The first-order chi connectivity index (χ1) is 10.1. The average molecular weight is 307 g/mol. The van der Waals surface area contributed by atoms with E-state index in [2.05, 4.69) is 5.10 Å². The maximum absolute atomic E-state index is 11.6. The minimum Gasteiger partial charge on any atom is -0.492 e. The fourth-order valence-electron chi connectivity index (χ4n) is 2.32. The molecule has 21 heavy (non-hydrogen) atoms. The molecule has 0 atom stereocenters. The Labute approximate surface area is 124 Å². The van der Waals surface area contributed by atoms with Gasteiger partial charge in [0.05, 0.1) is 11.4 Å². The van der Waals surface area contributed by atoms with E-state index in [0.717, 1.165) is 11.4 Å². The highest BCUT2D eigenvalue weighted by Gasteiger charge is 2.27. The summed E-state index contributed by atoms with van der Waals surface area (Å²) >= 11 is 0. The molecular formula is C14H17N3O3S. The van der Waals surface area contributed by atoms with Gasteiger partial charge in [-0.3, -0.25) is 0 Å². The van der Waals surface area contributed by atoms with E-state index in [0.29, 0.717) is 26.1 Å². The fraction of sp³-hybridized carbons (Fsp3) is 0.357. The maximum Gasteiger partial charge on any atom is 0.214 e. The molecule has 3 rings (SSSR count). The largest absolute Gasteiger partial charge is 0.492 e. The van der Waals surface area contributed by atoms with E-state index in [1.54, 1.807) is 10.9 Å². The van der Waals surface area contributed by atoms with Crippen LogP contribution in [0.4, 0.5) is 0 Å². The molecule has 0 amide bonds. The Hall–Kier alpha value is -1.86. The lowest BCUT2D eigenvalue weighted by Gasteiger charge is -2.14. The van der Waals surface area contributed by atoms with Gasteiger partial charge in [-0.15, -0.1) is 0 Å². The van der Waals surface area contributed by atoms with Crippen LogP contribution in [-0.2, 0) is 10.0 Å². The van der Waals surface area contributed by atoms with Crippen molar-refractivity contribution >= 4 is 10.0 Å². The Morgan fingerprint density at radius 1 is 1.24 bits per heavy atom. The lowest BCUT2D eigenvalue weighted by atomic mass is 10.3. The third-order valence-electron chi connectivity index (χ3n) is 3.42. The molecule has 1 aliphatic heterocycles. The number of nitrogens with zero attached hydrogens (tertiary/aromatic N) is 3. The van der Waals surface area contributed by atoms with Crippen LogP contribution in [0.3, 0.4) is 0 Å². The van der Waals surface area contributed by atoms with Crippen molar-refractivity contribution in [2.45, 2.75) is 6.42 Å². The highest BCUT2D eigenvalue weighted by Crippen LogP contribution is 2.16. The molecule has 2 heterocycles. The van der Waals surface area contributed by atoms with E-state index in [9.17, 15) is 8.42 Å². The number of hydrogen-bond acceptors (Lipinski definition) is 4. The van der Waals surface area contributed by atoms with Crippen LogP contribution in [0.1, 0.15) is 6.42 Å². The predicted molar refractivity (Wildman–Crippen MR) is 79.0 cm³/mol. The molecule has 1 fully saturated rings. The van der Waals surface area contributed by atoms with Gasteiger partial charge in [0.1, 0.15) is 12.4 Å². The molecule has 1 saturated heterocycles. The summed E-state index contributed by atoms with van der Waals surface area (Å²) < 4.78 is 32.1. The third kappa shape index (κ3) is 3.25. The molecule has 1 aliphatic rings. The van der Waals surface area contributed by atoms with Gasteiger partial charge >= 0.3 is 0 Å². The molecule has 6 nitrogen and oxygen atoms in total. The lowest BCUT2D eigenvalue weighted by molar-refractivity contribution is 0.279. The number of hydrogen-bond donors (Lipinski definition) is 0. The summed E-state index contributed by atoms with van der Waals surface area (Å²) in [5.41, 5.74) is 0.953. The molecule has 112 valence electrons. The topological polar surface area (TPSA) is 64.4 Å². The average Bonchev–Trinajstić information content (AvgIpc) is 3.10. The molecular weight excluding hydrogens is 290 g/mol. The molecule has 2 aromatic rings. The van der Waals surface area contributed by atoms with Crippen molar-refractivity contribution < 1.29 is 13.2 Å². The van der Waals surface area contributed by atoms with Gasteiger partial charge in [-0.2, -0.15) is 9.40 Å². The van der Waals surface area contributed by atoms with Gasteiger partial charge in [0.2, 0.25) is 10.0 Å². The Balaban J connectivity index is 1.54. The smallest absolute Gasteiger partial charge is 0.214 e. The Morgan fingerprint density at radius 3 is 2.67 bits per heavy atom. The summed E-state index contributed by atoms with van der Waals surface area (Å²) in [6.07, 6.45) is 4.30. The number of benzene rings is 1. The van der Waals surface area contributed by atoms with Crippen LogP contribution in [0.5, 0.6) is 5.75 Å². The molecule has 0 spiro atoms. The van der Waals surface area contributed by atoms with Gasteiger partial charge in [0.15, 0.2) is 0 Å². The van der Waals surface area contributed by atoms with Crippen molar-refractivity contribution in [3.8, 4) is 11.4 Å². The van der Waals surface area contributed by atoms with E-state index >= 15 is 0 Å². The zero-order valence-electron chi connectivity index (χ0n) is 11.6. The van der Waals surface area contributed by atoms with Crippen molar-refractivity contribution in [2.75, 3.05) is 25.4 Å². The van der Waals surface area contributed by atoms with Gasteiger partial charge < -0.3 is 4.74 Å². The molecule has 0 saturated carbocycles. The van der Waals surface area contributed by atoms with E-state index in [1.807, 2.05) is 36.5 Å². The maximum atomic E-state index is 11.6. The number of sulfonamides is 1. The number of rotatable bonds is 5. The predicted octanol–water partition coefficient (Wildman–Crippen LogP) is 1.29. The summed E-state index contributed by atoms with van der Waals surface area (Å²) in [5, 5.41) is 4.15. The van der Waals surface area contributed by atoms with Crippen LogP contribution in [0.15, 0.2) is 42.7 Å². The normalized spacial score (nSPS) is 17.9. The molecule has 7 heteroatoms. The van der Waals surface area contributed by atoms with Gasteiger partial charge in [0.25, 0.3) is 0 Å². The second-order valence-electron chi connectivity index (χ2n) is 4.86. The number of aromatic nitrogens is 2. The monoisotopic (exact) mass is 307 g/mol. The molecule has 0 N–H and O–H groups in total. The second kappa shape index (κ2) is 5.87. The highest BCUT2D eigenvalue weighted by molar-refractivity contribution is 7.89.